The molecule has 1 amide bonds. The molecule has 180 valence electrons. The second kappa shape index (κ2) is 9.42. The zero-order chi connectivity index (χ0) is 25.2. The summed E-state index contributed by atoms with van der Waals surface area (Å²) in [5, 5.41) is 14.4. The van der Waals surface area contributed by atoms with Crippen LogP contribution in [0.3, 0.4) is 0 Å². The fourth-order valence-electron chi connectivity index (χ4n) is 4.22. The van der Waals surface area contributed by atoms with Gasteiger partial charge < -0.3 is 19.6 Å². The van der Waals surface area contributed by atoms with Crippen molar-refractivity contribution in [1.29, 1.82) is 0 Å². The molecule has 3 aromatic carbocycles. The Balaban J connectivity index is 1.59. The van der Waals surface area contributed by atoms with Crippen molar-refractivity contribution in [2.45, 2.75) is 6.04 Å². The Bertz CT molecular complexity index is 1450. The molecule has 0 radical (unpaired) electrons. The standard InChI is InChI=1S/C28H21FN2O5/c1-35-22-14-9-17(29)16-21(22)26(32)24-25(23-8-5-15-36-23)31(28(34)27(24)33)20-12-10-19(11-13-20)30-18-6-3-2-4-7-18/h2-16,25,30,32H,1H3/b26-24-. The Hall–Kier alpha value is -4.85. The van der Waals surface area contributed by atoms with Gasteiger partial charge in [0.25, 0.3) is 11.7 Å². The van der Waals surface area contributed by atoms with E-state index in [1.165, 1.54) is 30.4 Å². The number of aliphatic hydroxyl groups is 1. The zero-order valence-corrected chi connectivity index (χ0v) is 19.1. The van der Waals surface area contributed by atoms with Gasteiger partial charge in [-0.25, -0.2) is 4.39 Å². The molecule has 4 aromatic rings. The van der Waals surface area contributed by atoms with Crippen LogP contribution in [0, 0.1) is 5.82 Å². The van der Waals surface area contributed by atoms with E-state index in [9.17, 15) is 19.1 Å². The van der Waals surface area contributed by atoms with E-state index < -0.39 is 29.3 Å². The minimum atomic E-state index is -1.07. The van der Waals surface area contributed by atoms with Gasteiger partial charge in [-0.05, 0) is 66.7 Å². The van der Waals surface area contributed by atoms with Crippen LogP contribution in [0.2, 0.25) is 0 Å². The number of ether oxygens (including phenoxy) is 1. The van der Waals surface area contributed by atoms with E-state index in [1.54, 1.807) is 36.4 Å². The van der Waals surface area contributed by atoms with E-state index in [2.05, 4.69) is 5.32 Å². The van der Waals surface area contributed by atoms with Gasteiger partial charge in [-0.3, -0.25) is 14.5 Å². The van der Waals surface area contributed by atoms with Gasteiger partial charge in [-0.15, -0.1) is 0 Å². The first-order valence-electron chi connectivity index (χ1n) is 11.1. The third-order valence-electron chi connectivity index (χ3n) is 5.88. The topological polar surface area (TPSA) is 92.0 Å². The molecule has 2 heterocycles. The maximum atomic E-state index is 14.0. The van der Waals surface area contributed by atoms with Gasteiger partial charge in [0.1, 0.15) is 29.1 Å². The van der Waals surface area contributed by atoms with Crippen molar-refractivity contribution in [3.63, 3.8) is 0 Å². The monoisotopic (exact) mass is 484 g/mol. The average molecular weight is 484 g/mol. The molecule has 8 heteroatoms. The quantitative estimate of drug-likeness (QED) is 0.204. The van der Waals surface area contributed by atoms with Crippen molar-refractivity contribution >= 4 is 34.5 Å². The lowest BCUT2D eigenvalue weighted by molar-refractivity contribution is -0.132. The molecule has 0 aliphatic carbocycles. The summed E-state index contributed by atoms with van der Waals surface area (Å²) in [6.07, 6.45) is 1.41. The Morgan fingerprint density at radius 3 is 2.36 bits per heavy atom. The number of Topliss-reactive ketones (excluding diaryl/α,β-unsaturated/α-hetero) is 1. The molecule has 1 saturated heterocycles. The number of carbonyl (C=O) groups excluding carboxylic acids is 2. The van der Waals surface area contributed by atoms with E-state index in [0.29, 0.717) is 5.69 Å². The smallest absolute Gasteiger partial charge is 0.300 e. The number of furan rings is 1. The van der Waals surface area contributed by atoms with Crippen LogP contribution in [0.4, 0.5) is 21.5 Å². The SMILES string of the molecule is COc1ccc(F)cc1/C(O)=C1/C(=O)C(=O)N(c2ccc(Nc3ccccc3)cc2)C1c1ccco1. The molecule has 0 spiro atoms. The fraction of sp³-hybridized carbons (Fsp3) is 0.0714. The Morgan fingerprint density at radius 2 is 1.69 bits per heavy atom. The molecule has 7 nitrogen and oxygen atoms in total. The van der Waals surface area contributed by atoms with Gasteiger partial charge in [-0.2, -0.15) is 0 Å². The highest BCUT2D eigenvalue weighted by Gasteiger charge is 2.48. The first kappa shape index (κ1) is 22.9. The number of methoxy groups -OCH3 is 1. The maximum absolute atomic E-state index is 14.0. The molecular formula is C28H21FN2O5. The summed E-state index contributed by atoms with van der Waals surface area (Å²) >= 11 is 0. The second-order valence-electron chi connectivity index (χ2n) is 8.07. The van der Waals surface area contributed by atoms with Gasteiger partial charge in [0.05, 0.1) is 24.5 Å². The highest BCUT2D eigenvalue weighted by Crippen LogP contribution is 2.43. The number of amides is 1. The lowest BCUT2D eigenvalue weighted by atomic mass is 9.98. The Morgan fingerprint density at radius 1 is 0.972 bits per heavy atom. The molecular weight excluding hydrogens is 463 g/mol. The van der Waals surface area contributed by atoms with Crippen LogP contribution < -0.4 is 15.0 Å². The molecule has 1 atom stereocenters. The number of aliphatic hydroxyl groups excluding tert-OH is 1. The number of carbonyl (C=O) groups is 2. The largest absolute Gasteiger partial charge is 0.507 e. The van der Waals surface area contributed by atoms with Crippen molar-refractivity contribution in [1.82, 2.24) is 0 Å². The summed E-state index contributed by atoms with van der Waals surface area (Å²) in [6.45, 7) is 0. The lowest BCUT2D eigenvalue weighted by Gasteiger charge is -2.23. The van der Waals surface area contributed by atoms with E-state index >= 15 is 0 Å². The van der Waals surface area contributed by atoms with Crippen LogP contribution in [0.1, 0.15) is 17.4 Å². The molecule has 1 unspecified atom stereocenters. The predicted octanol–water partition coefficient (Wildman–Crippen LogP) is 5.80. The van der Waals surface area contributed by atoms with Gasteiger partial charge in [0, 0.05) is 17.1 Å². The molecule has 1 fully saturated rings. The molecule has 1 aromatic heterocycles. The summed E-state index contributed by atoms with van der Waals surface area (Å²) in [5.41, 5.74) is 1.81. The normalized spacial score (nSPS) is 16.8. The number of nitrogens with one attached hydrogen (secondary N) is 1. The summed E-state index contributed by atoms with van der Waals surface area (Å²) in [7, 11) is 1.36. The van der Waals surface area contributed by atoms with E-state index in [4.69, 9.17) is 9.15 Å². The molecule has 5 rings (SSSR count). The van der Waals surface area contributed by atoms with Crippen molar-refractivity contribution in [2.75, 3.05) is 17.3 Å². The van der Waals surface area contributed by atoms with Crippen LogP contribution >= 0.6 is 0 Å². The number of ketones is 1. The average Bonchev–Trinajstić information content (AvgIpc) is 3.52. The number of anilines is 3. The van der Waals surface area contributed by atoms with E-state index in [1.807, 2.05) is 30.3 Å². The molecule has 1 aliphatic heterocycles. The minimum Gasteiger partial charge on any atom is -0.507 e. The summed E-state index contributed by atoms with van der Waals surface area (Å²) in [6, 6.07) is 22.2. The van der Waals surface area contributed by atoms with E-state index in [0.717, 1.165) is 17.4 Å². The van der Waals surface area contributed by atoms with Gasteiger partial charge >= 0.3 is 0 Å². The molecule has 36 heavy (non-hydrogen) atoms. The van der Waals surface area contributed by atoms with Crippen molar-refractivity contribution in [2.24, 2.45) is 0 Å². The summed E-state index contributed by atoms with van der Waals surface area (Å²) in [4.78, 5) is 27.7. The third kappa shape index (κ3) is 4.09. The molecule has 1 aliphatic rings. The van der Waals surface area contributed by atoms with Crippen LogP contribution in [-0.2, 0) is 9.59 Å². The summed E-state index contributed by atoms with van der Waals surface area (Å²) < 4.78 is 24.8. The second-order valence-corrected chi connectivity index (χ2v) is 8.07. The van der Waals surface area contributed by atoms with Crippen LogP contribution in [0.15, 0.2) is 101 Å². The first-order valence-corrected chi connectivity index (χ1v) is 11.1. The number of rotatable bonds is 6. The number of para-hydroxylation sites is 1. The molecule has 0 saturated carbocycles. The van der Waals surface area contributed by atoms with Crippen molar-refractivity contribution in [3.8, 4) is 5.75 Å². The number of nitrogens with zero attached hydrogens (tertiary/aromatic N) is 1. The molecule has 0 bridgehead atoms. The summed E-state index contributed by atoms with van der Waals surface area (Å²) in [5.74, 6) is -2.56. The highest BCUT2D eigenvalue weighted by molar-refractivity contribution is 6.51. The van der Waals surface area contributed by atoms with Crippen molar-refractivity contribution in [3.05, 3.63) is 114 Å². The van der Waals surface area contributed by atoms with Crippen LogP contribution in [0.5, 0.6) is 5.75 Å². The lowest BCUT2D eigenvalue weighted by Crippen LogP contribution is -2.29. The van der Waals surface area contributed by atoms with E-state index in [-0.39, 0.29) is 22.6 Å². The number of hydrogen-bond acceptors (Lipinski definition) is 6. The Kier molecular flexibility index (Phi) is 6.00. The number of hydrogen-bond donors (Lipinski definition) is 2. The number of benzene rings is 3. The van der Waals surface area contributed by atoms with Gasteiger partial charge in [-0.1, -0.05) is 18.2 Å². The van der Waals surface area contributed by atoms with Crippen LogP contribution in [-0.4, -0.2) is 23.9 Å². The van der Waals surface area contributed by atoms with Crippen LogP contribution in [0.25, 0.3) is 5.76 Å². The number of halogens is 1. The zero-order valence-electron chi connectivity index (χ0n) is 19.1. The van der Waals surface area contributed by atoms with Gasteiger partial charge in [0.2, 0.25) is 0 Å². The van der Waals surface area contributed by atoms with Gasteiger partial charge in [0.15, 0.2) is 0 Å². The third-order valence-corrected chi connectivity index (χ3v) is 5.88. The maximum Gasteiger partial charge on any atom is 0.300 e. The molecule has 2 N–H and O–H groups in total. The minimum absolute atomic E-state index is 0.0468. The fourth-order valence-corrected chi connectivity index (χ4v) is 4.22. The predicted molar refractivity (Wildman–Crippen MR) is 133 cm³/mol. The first-order chi connectivity index (χ1) is 17.5. The Labute approximate surface area is 206 Å². The highest BCUT2D eigenvalue weighted by atomic mass is 19.1. The van der Waals surface area contributed by atoms with Crippen molar-refractivity contribution < 1.29 is 28.2 Å².